The second kappa shape index (κ2) is 13.4. The third-order valence-electron chi connectivity index (χ3n) is 8.44. The minimum atomic E-state index is -1.28. The number of likely N-dealkylation sites (N-methyl/N-ethyl adjacent to an activating group) is 1. The Balaban J connectivity index is 1.60. The van der Waals surface area contributed by atoms with Gasteiger partial charge in [0.15, 0.2) is 11.5 Å². The molecule has 9 nitrogen and oxygen atoms in total. The molecule has 3 aromatic heterocycles. The van der Waals surface area contributed by atoms with Crippen molar-refractivity contribution in [2.24, 2.45) is 0 Å². The van der Waals surface area contributed by atoms with Crippen LogP contribution in [0.3, 0.4) is 0 Å². The van der Waals surface area contributed by atoms with Gasteiger partial charge in [-0.1, -0.05) is 39.3 Å². The summed E-state index contributed by atoms with van der Waals surface area (Å²) in [6.45, 7) is 16.0. The molecule has 0 spiro atoms. The summed E-state index contributed by atoms with van der Waals surface area (Å²) in [4.78, 5) is 13.9. The van der Waals surface area contributed by atoms with Crippen LogP contribution in [0.4, 0.5) is 16.0 Å². The van der Waals surface area contributed by atoms with E-state index in [9.17, 15) is 9.50 Å². The normalized spacial score (nSPS) is 14.8. The number of halogens is 2. The molecule has 1 aromatic carbocycles. The molecule has 1 aliphatic carbocycles. The standard InChI is InChI=1S/C32H46BrFN6O3Si2/c1-38(32(20-41)10-11-32)30-28(33)31(39(21-42-12-14-44(2,3)4)22-43-13-15-45(5,6)7)40-29(37-30)26(19-36-40)24-16-23-17-25(34)8-9-27(23)35-18-24/h8-9,16-19,41H,10-15,20-22H2,1-7H3. The van der Waals surface area contributed by atoms with Crippen LogP contribution in [-0.4, -0.2) is 86.7 Å². The number of aliphatic hydroxyl groups is 1. The predicted octanol–water partition coefficient (Wildman–Crippen LogP) is 7.24. The van der Waals surface area contributed by atoms with E-state index in [-0.39, 0.29) is 18.0 Å². The van der Waals surface area contributed by atoms with Crippen molar-refractivity contribution in [3.05, 3.63) is 46.9 Å². The van der Waals surface area contributed by atoms with Crippen LogP contribution in [0.5, 0.6) is 0 Å². The van der Waals surface area contributed by atoms with Crippen LogP contribution in [-0.2, 0) is 9.47 Å². The van der Waals surface area contributed by atoms with Crippen LogP contribution in [0.2, 0.25) is 51.4 Å². The Bertz CT molecular complexity index is 1630. The van der Waals surface area contributed by atoms with Gasteiger partial charge in [0.2, 0.25) is 0 Å². The highest BCUT2D eigenvalue weighted by Gasteiger charge is 2.47. The Morgan fingerprint density at radius 2 is 1.64 bits per heavy atom. The Kier molecular flexibility index (Phi) is 10.1. The molecule has 1 aliphatic rings. The van der Waals surface area contributed by atoms with Crippen LogP contribution in [0.1, 0.15) is 12.8 Å². The lowest BCUT2D eigenvalue weighted by atomic mass is 10.1. The lowest BCUT2D eigenvalue weighted by molar-refractivity contribution is 0.0941. The molecule has 0 aliphatic heterocycles. The van der Waals surface area contributed by atoms with Crippen molar-refractivity contribution < 1.29 is 19.0 Å². The molecule has 0 bridgehead atoms. The highest BCUT2D eigenvalue weighted by atomic mass is 79.9. The number of aromatic nitrogens is 4. The first-order chi connectivity index (χ1) is 21.2. The molecule has 244 valence electrons. The van der Waals surface area contributed by atoms with Crippen LogP contribution < -0.4 is 9.80 Å². The number of hydrogen-bond donors (Lipinski definition) is 1. The summed E-state index contributed by atoms with van der Waals surface area (Å²) in [6.07, 6.45) is 5.31. The van der Waals surface area contributed by atoms with Crippen LogP contribution in [0.15, 0.2) is 41.1 Å². The molecule has 0 amide bonds. The molecular weight excluding hydrogens is 671 g/mol. The molecule has 45 heavy (non-hydrogen) atoms. The van der Waals surface area contributed by atoms with E-state index < -0.39 is 16.1 Å². The fourth-order valence-corrected chi connectivity index (χ4v) is 7.42. The first-order valence-electron chi connectivity index (χ1n) is 15.6. The van der Waals surface area contributed by atoms with Gasteiger partial charge in [-0.15, -0.1) is 0 Å². The molecule has 1 saturated carbocycles. The van der Waals surface area contributed by atoms with E-state index in [1.165, 1.54) is 12.1 Å². The van der Waals surface area contributed by atoms with E-state index in [2.05, 4.69) is 70.0 Å². The largest absolute Gasteiger partial charge is 0.394 e. The number of fused-ring (bicyclic) bond motifs is 2. The highest BCUT2D eigenvalue weighted by molar-refractivity contribution is 9.10. The summed E-state index contributed by atoms with van der Waals surface area (Å²) < 4.78 is 29.2. The molecule has 3 heterocycles. The molecule has 0 atom stereocenters. The van der Waals surface area contributed by atoms with Gasteiger partial charge in [0.05, 0.1) is 23.9 Å². The number of aliphatic hydroxyl groups excluding tert-OH is 1. The molecule has 0 radical (unpaired) electrons. The minimum Gasteiger partial charge on any atom is -0.394 e. The SMILES string of the molecule is CN(c1nc2c(-c3cnc4ccc(F)cc4c3)cnn2c(N(COCC[Si](C)(C)C)COCC[Si](C)(C)C)c1Br)C1(CO)CC1. The summed E-state index contributed by atoms with van der Waals surface area (Å²) in [5.74, 6) is 1.13. The average Bonchev–Trinajstić information content (AvgIpc) is 3.67. The van der Waals surface area contributed by atoms with Gasteiger partial charge in [-0.2, -0.15) is 9.61 Å². The summed E-state index contributed by atoms with van der Waals surface area (Å²) in [5, 5.41) is 15.8. The maximum absolute atomic E-state index is 14.1. The molecule has 13 heteroatoms. The van der Waals surface area contributed by atoms with E-state index >= 15 is 0 Å². The van der Waals surface area contributed by atoms with E-state index in [0.29, 0.717) is 49.0 Å². The van der Waals surface area contributed by atoms with Gasteiger partial charge < -0.3 is 24.4 Å². The second-order valence-corrected chi connectivity index (χ2v) is 26.6. The van der Waals surface area contributed by atoms with E-state index in [4.69, 9.17) is 19.6 Å². The number of nitrogens with zero attached hydrogens (tertiary/aromatic N) is 6. The van der Waals surface area contributed by atoms with E-state index in [0.717, 1.165) is 46.3 Å². The Labute approximate surface area is 275 Å². The fraction of sp³-hybridized carbons (Fsp3) is 0.531. The molecular formula is C32H46BrFN6O3Si2. The average molecular weight is 718 g/mol. The Morgan fingerprint density at radius 1 is 1.00 bits per heavy atom. The number of hydrogen-bond acceptors (Lipinski definition) is 8. The number of benzene rings is 1. The third kappa shape index (κ3) is 7.94. The first kappa shape index (κ1) is 33.9. The summed E-state index contributed by atoms with van der Waals surface area (Å²) >= 11 is 3.90. The van der Waals surface area contributed by atoms with Gasteiger partial charge in [-0.25, -0.2) is 9.37 Å². The number of anilines is 2. The van der Waals surface area contributed by atoms with Gasteiger partial charge in [0.25, 0.3) is 0 Å². The zero-order valence-corrected chi connectivity index (χ0v) is 31.1. The maximum atomic E-state index is 14.1. The predicted molar refractivity (Wildman–Crippen MR) is 189 cm³/mol. The van der Waals surface area contributed by atoms with Gasteiger partial charge in [0.1, 0.15) is 29.6 Å². The highest BCUT2D eigenvalue weighted by Crippen LogP contribution is 2.46. The third-order valence-corrected chi connectivity index (χ3v) is 12.6. The lowest BCUT2D eigenvalue weighted by Crippen LogP contribution is -2.39. The van der Waals surface area contributed by atoms with Crippen molar-refractivity contribution in [3.63, 3.8) is 0 Å². The van der Waals surface area contributed by atoms with Gasteiger partial charge in [-0.05, 0) is 65.1 Å². The summed E-state index contributed by atoms with van der Waals surface area (Å²) in [5.41, 5.74) is 2.52. The summed E-state index contributed by atoms with van der Waals surface area (Å²) in [7, 11) is -0.585. The van der Waals surface area contributed by atoms with Crippen LogP contribution in [0, 0.1) is 5.82 Å². The van der Waals surface area contributed by atoms with Gasteiger partial charge >= 0.3 is 0 Å². The van der Waals surface area contributed by atoms with Crippen molar-refractivity contribution in [3.8, 4) is 11.1 Å². The maximum Gasteiger partial charge on any atom is 0.167 e. The smallest absolute Gasteiger partial charge is 0.167 e. The zero-order valence-electron chi connectivity index (χ0n) is 27.5. The number of ether oxygens (including phenoxy) is 2. The van der Waals surface area contributed by atoms with Crippen molar-refractivity contribution in [2.75, 3.05) is 50.1 Å². The molecule has 0 unspecified atom stereocenters. The first-order valence-corrected chi connectivity index (χ1v) is 23.8. The van der Waals surface area contributed by atoms with E-state index in [1.54, 1.807) is 18.5 Å². The van der Waals surface area contributed by atoms with Crippen molar-refractivity contribution in [2.45, 2.75) is 69.8 Å². The van der Waals surface area contributed by atoms with Crippen LogP contribution in [0.25, 0.3) is 27.7 Å². The quantitative estimate of drug-likeness (QED) is 0.0783. The molecule has 4 aromatic rings. The Morgan fingerprint density at radius 3 is 2.22 bits per heavy atom. The number of rotatable bonds is 15. The zero-order chi connectivity index (χ0) is 32.6. The Hall–Kier alpha value is -2.43. The molecule has 5 rings (SSSR count). The topological polar surface area (TPSA) is 88.3 Å². The fourth-order valence-electron chi connectivity index (χ4n) is 5.13. The molecule has 1 N–H and O–H groups in total. The minimum absolute atomic E-state index is 0.0354. The number of pyridine rings is 1. The van der Waals surface area contributed by atoms with Crippen molar-refractivity contribution >= 4 is 60.3 Å². The van der Waals surface area contributed by atoms with Gasteiger partial charge in [-0.3, -0.25) is 4.98 Å². The van der Waals surface area contributed by atoms with Gasteiger partial charge in [0, 0.05) is 59.1 Å². The second-order valence-electron chi connectivity index (χ2n) is 14.6. The lowest BCUT2D eigenvalue weighted by Gasteiger charge is -2.32. The summed E-state index contributed by atoms with van der Waals surface area (Å²) in [6, 6.07) is 8.61. The van der Waals surface area contributed by atoms with E-state index in [1.807, 2.05) is 17.6 Å². The molecule has 0 saturated heterocycles. The monoisotopic (exact) mass is 716 g/mol. The van der Waals surface area contributed by atoms with Crippen LogP contribution >= 0.6 is 15.9 Å². The van der Waals surface area contributed by atoms with Crippen molar-refractivity contribution in [1.82, 2.24) is 19.6 Å². The molecule has 1 fully saturated rings. The van der Waals surface area contributed by atoms with Crippen molar-refractivity contribution in [1.29, 1.82) is 0 Å².